The van der Waals surface area contributed by atoms with E-state index >= 15 is 0 Å². The number of aryl methyl sites for hydroxylation is 2. The fourth-order valence-corrected chi connectivity index (χ4v) is 3.77. The Morgan fingerprint density at radius 2 is 1.86 bits per heavy atom. The number of ether oxygens (including phenoxy) is 1. The molecule has 2 aromatic carbocycles. The first-order valence-corrected chi connectivity index (χ1v) is 10.6. The van der Waals surface area contributed by atoms with E-state index in [1.807, 2.05) is 67.8 Å². The van der Waals surface area contributed by atoms with Gasteiger partial charge in [0, 0.05) is 17.3 Å². The zero-order chi connectivity index (χ0) is 20.8. The van der Waals surface area contributed by atoms with Crippen molar-refractivity contribution in [3.05, 3.63) is 64.4 Å². The van der Waals surface area contributed by atoms with Crippen LogP contribution in [0.3, 0.4) is 0 Å². The Kier molecular flexibility index (Phi) is 7.17. The lowest BCUT2D eigenvalue weighted by molar-refractivity contribution is -0.113. The molecular weight excluding hydrogens is 408 g/mol. The Labute approximate surface area is 179 Å². The highest BCUT2D eigenvalue weighted by molar-refractivity contribution is 7.99. The summed E-state index contributed by atoms with van der Waals surface area (Å²) in [5.74, 6) is 1.62. The van der Waals surface area contributed by atoms with Gasteiger partial charge in [0.1, 0.15) is 12.4 Å². The third kappa shape index (κ3) is 5.52. The van der Waals surface area contributed by atoms with E-state index in [-0.39, 0.29) is 18.3 Å². The van der Waals surface area contributed by atoms with Crippen LogP contribution in [0.1, 0.15) is 23.9 Å². The smallest absolute Gasteiger partial charge is 0.234 e. The molecule has 0 saturated heterocycles. The molecule has 0 aliphatic rings. The fraction of sp³-hybridized carbons (Fsp3) is 0.286. The molecule has 1 heterocycles. The number of aromatic nitrogens is 3. The Balaban J connectivity index is 1.60. The number of benzene rings is 2. The van der Waals surface area contributed by atoms with Gasteiger partial charge in [0.05, 0.1) is 5.75 Å². The first-order valence-electron chi connectivity index (χ1n) is 9.27. The zero-order valence-corrected chi connectivity index (χ0v) is 18.2. The third-order valence-electron chi connectivity index (χ3n) is 4.28. The number of hydrogen-bond acceptors (Lipinski definition) is 5. The lowest BCUT2D eigenvalue weighted by atomic mass is 10.1. The Hall–Kier alpha value is -2.51. The number of nitrogens with one attached hydrogen (secondary N) is 1. The monoisotopic (exact) mass is 430 g/mol. The average Bonchev–Trinajstić information content (AvgIpc) is 3.11. The number of amides is 1. The van der Waals surface area contributed by atoms with Gasteiger partial charge in [-0.15, -0.1) is 10.2 Å². The van der Waals surface area contributed by atoms with Gasteiger partial charge >= 0.3 is 0 Å². The summed E-state index contributed by atoms with van der Waals surface area (Å²) in [6, 6.07) is 13.2. The molecule has 1 amide bonds. The third-order valence-corrected chi connectivity index (χ3v) is 5.84. The van der Waals surface area contributed by atoms with Gasteiger partial charge in [-0.05, 0) is 56.2 Å². The minimum atomic E-state index is -0.0863. The number of rotatable bonds is 8. The van der Waals surface area contributed by atoms with Gasteiger partial charge in [-0.2, -0.15) is 0 Å². The summed E-state index contributed by atoms with van der Waals surface area (Å²) in [5.41, 5.74) is 2.72. The normalized spacial score (nSPS) is 10.8. The van der Waals surface area contributed by atoms with Gasteiger partial charge in [0.2, 0.25) is 5.91 Å². The van der Waals surface area contributed by atoms with E-state index in [0.717, 1.165) is 27.6 Å². The molecule has 0 bridgehead atoms. The maximum absolute atomic E-state index is 12.2. The van der Waals surface area contributed by atoms with Crippen LogP contribution in [0, 0.1) is 13.8 Å². The van der Waals surface area contributed by atoms with Crippen LogP contribution in [0.25, 0.3) is 0 Å². The van der Waals surface area contributed by atoms with Crippen molar-refractivity contribution >= 4 is 35.0 Å². The molecule has 0 aliphatic carbocycles. The molecule has 0 aliphatic heterocycles. The molecule has 3 rings (SSSR count). The molecule has 0 saturated carbocycles. The van der Waals surface area contributed by atoms with Gasteiger partial charge in [0.15, 0.2) is 11.0 Å². The highest BCUT2D eigenvalue weighted by Crippen LogP contribution is 2.26. The highest BCUT2D eigenvalue weighted by atomic mass is 35.5. The first-order chi connectivity index (χ1) is 14.0. The van der Waals surface area contributed by atoms with Crippen LogP contribution in [0.5, 0.6) is 5.75 Å². The number of halogens is 1. The second-order valence-corrected chi connectivity index (χ2v) is 7.83. The molecule has 0 fully saturated rings. The van der Waals surface area contributed by atoms with Crippen LogP contribution >= 0.6 is 23.4 Å². The van der Waals surface area contributed by atoms with E-state index in [1.54, 1.807) is 0 Å². The maximum Gasteiger partial charge on any atom is 0.234 e. The molecule has 0 unspecified atom stereocenters. The number of nitrogens with zero attached hydrogens (tertiary/aromatic N) is 3. The summed E-state index contributed by atoms with van der Waals surface area (Å²) in [6.07, 6.45) is 0. The number of carbonyl (C=O) groups excluding carboxylic acids is 1. The van der Waals surface area contributed by atoms with Crippen LogP contribution in [0.15, 0.2) is 47.6 Å². The van der Waals surface area contributed by atoms with Crippen molar-refractivity contribution in [2.75, 3.05) is 11.1 Å². The highest BCUT2D eigenvalue weighted by Gasteiger charge is 2.14. The van der Waals surface area contributed by atoms with Crippen molar-refractivity contribution in [2.45, 2.75) is 39.1 Å². The molecule has 0 atom stereocenters. The van der Waals surface area contributed by atoms with Crippen LogP contribution in [0.4, 0.5) is 5.69 Å². The Morgan fingerprint density at radius 3 is 2.52 bits per heavy atom. The number of carbonyl (C=O) groups is 1. The van der Waals surface area contributed by atoms with E-state index in [2.05, 4.69) is 15.5 Å². The molecular formula is C21H23ClN4O2S. The SMILES string of the molecule is CCn1c(COc2cc(C)c(Cl)c(C)c2)nnc1SCC(=O)Nc1ccccc1. The predicted octanol–water partition coefficient (Wildman–Crippen LogP) is 4.88. The second kappa shape index (κ2) is 9.80. The first kappa shape index (κ1) is 21.2. The largest absolute Gasteiger partial charge is 0.486 e. The van der Waals surface area contributed by atoms with E-state index in [0.29, 0.717) is 17.5 Å². The number of anilines is 1. The van der Waals surface area contributed by atoms with Crippen LogP contribution in [0.2, 0.25) is 5.02 Å². The van der Waals surface area contributed by atoms with Crippen molar-refractivity contribution in [1.82, 2.24) is 14.8 Å². The van der Waals surface area contributed by atoms with Gasteiger partial charge < -0.3 is 14.6 Å². The maximum atomic E-state index is 12.2. The standard InChI is InChI=1S/C21H23ClN4O2S/c1-4-26-18(12-28-17-10-14(2)20(22)15(3)11-17)24-25-21(26)29-13-19(27)23-16-8-6-5-7-9-16/h5-11H,4,12-13H2,1-3H3,(H,23,27). The minimum absolute atomic E-state index is 0.0863. The van der Waals surface area contributed by atoms with Crippen molar-refractivity contribution < 1.29 is 9.53 Å². The van der Waals surface area contributed by atoms with Gasteiger partial charge in [-0.1, -0.05) is 41.6 Å². The summed E-state index contributed by atoms with van der Waals surface area (Å²) in [6.45, 7) is 6.89. The van der Waals surface area contributed by atoms with E-state index in [4.69, 9.17) is 16.3 Å². The molecule has 3 aromatic rings. The molecule has 6 nitrogen and oxygen atoms in total. The van der Waals surface area contributed by atoms with Crippen molar-refractivity contribution in [3.8, 4) is 5.75 Å². The molecule has 8 heteroatoms. The van der Waals surface area contributed by atoms with Gasteiger partial charge in [-0.3, -0.25) is 4.79 Å². The number of para-hydroxylation sites is 1. The number of hydrogen-bond donors (Lipinski definition) is 1. The molecule has 1 aromatic heterocycles. The average molecular weight is 431 g/mol. The molecule has 29 heavy (non-hydrogen) atoms. The van der Waals surface area contributed by atoms with Gasteiger partial charge in [-0.25, -0.2) is 0 Å². The lowest BCUT2D eigenvalue weighted by Crippen LogP contribution is -2.14. The summed E-state index contributed by atoms with van der Waals surface area (Å²) >= 11 is 7.56. The summed E-state index contributed by atoms with van der Waals surface area (Å²) in [7, 11) is 0. The quantitative estimate of drug-likeness (QED) is 0.516. The molecule has 0 radical (unpaired) electrons. The van der Waals surface area contributed by atoms with Crippen LogP contribution in [-0.4, -0.2) is 26.4 Å². The Bertz CT molecular complexity index is 969. The van der Waals surface area contributed by atoms with Crippen LogP contribution < -0.4 is 10.1 Å². The van der Waals surface area contributed by atoms with Crippen molar-refractivity contribution in [2.24, 2.45) is 0 Å². The topological polar surface area (TPSA) is 69.0 Å². The summed E-state index contributed by atoms with van der Waals surface area (Å²) in [5, 5.41) is 12.8. The lowest BCUT2D eigenvalue weighted by Gasteiger charge is -2.11. The predicted molar refractivity (Wildman–Crippen MR) is 117 cm³/mol. The fourth-order valence-electron chi connectivity index (χ4n) is 2.84. The summed E-state index contributed by atoms with van der Waals surface area (Å²) in [4.78, 5) is 12.2. The second-order valence-electron chi connectivity index (χ2n) is 6.51. The molecule has 152 valence electrons. The van der Waals surface area contributed by atoms with Gasteiger partial charge in [0.25, 0.3) is 0 Å². The summed E-state index contributed by atoms with van der Waals surface area (Å²) < 4.78 is 7.85. The Morgan fingerprint density at radius 1 is 1.17 bits per heavy atom. The molecule has 1 N–H and O–H groups in total. The van der Waals surface area contributed by atoms with Crippen molar-refractivity contribution in [1.29, 1.82) is 0 Å². The van der Waals surface area contributed by atoms with Crippen molar-refractivity contribution in [3.63, 3.8) is 0 Å². The van der Waals surface area contributed by atoms with E-state index < -0.39 is 0 Å². The number of thioether (sulfide) groups is 1. The van der Waals surface area contributed by atoms with E-state index in [9.17, 15) is 4.79 Å². The molecule has 0 spiro atoms. The zero-order valence-electron chi connectivity index (χ0n) is 16.6. The minimum Gasteiger partial charge on any atom is -0.486 e. The van der Waals surface area contributed by atoms with Crippen LogP contribution in [-0.2, 0) is 17.9 Å². The van der Waals surface area contributed by atoms with E-state index in [1.165, 1.54) is 11.8 Å².